The molecule has 1 aliphatic heterocycles. The van der Waals surface area contributed by atoms with Crippen LogP contribution < -0.4 is 15.2 Å². The van der Waals surface area contributed by atoms with Crippen LogP contribution in [0.3, 0.4) is 0 Å². The van der Waals surface area contributed by atoms with Gasteiger partial charge in [0.05, 0.1) is 7.11 Å². The Morgan fingerprint density at radius 2 is 2.10 bits per heavy atom. The number of methoxy groups -OCH3 is 1. The summed E-state index contributed by atoms with van der Waals surface area (Å²) >= 11 is 0. The van der Waals surface area contributed by atoms with Gasteiger partial charge < -0.3 is 20.1 Å². The zero-order valence-electron chi connectivity index (χ0n) is 11.6. The fraction of sp³-hybridized carbons (Fsp3) is 0.500. The molecule has 1 unspecified atom stereocenters. The van der Waals surface area contributed by atoms with Crippen molar-refractivity contribution in [3.05, 3.63) is 24.3 Å². The number of rotatable bonds is 4. The number of ether oxygens (including phenoxy) is 2. The van der Waals surface area contributed by atoms with E-state index in [9.17, 15) is 4.79 Å². The number of para-hydroxylation sites is 2. The second-order valence-corrected chi connectivity index (χ2v) is 4.68. The summed E-state index contributed by atoms with van der Waals surface area (Å²) in [4.78, 5) is 13.8. The van der Waals surface area contributed by atoms with Gasteiger partial charge in [0, 0.05) is 19.1 Å². The first kappa shape index (κ1) is 16.6. The van der Waals surface area contributed by atoms with Crippen molar-refractivity contribution in [1.82, 2.24) is 4.90 Å². The summed E-state index contributed by atoms with van der Waals surface area (Å²) in [6, 6.07) is 7.38. The van der Waals surface area contributed by atoms with Crippen molar-refractivity contribution in [3.63, 3.8) is 0 Å². The average molecular weight is 301 g/mol. The largest absolute Gasteiger partial charge is 0.493 e. The first-order valence-electron chi connectivity index (χ1n) is 6.50. The Labute approximate surface area is 125 Å². The van der Waals surface area contributed by atoms with Crippen LogP contribution in [0.4, 0.5) is 0 Å². The van der Waals surface area contributed by atoms with E-state index < -0.39 is 0 Å². The fourth-order valence-electron chi connectivity index (χ4n) is 2.21. The Morgan fingerprint density at radius 3 is 2.75 bits per heavy atom. The van der Waals surface area contributed by atoms with E-state index in [0.29, 0.717) is 18.0 Å². The minimum absolute atomic E-state index is 0. The number of carbonyl (C=O) groups excluding carboxylic acids is 1. The molecular weight excluding hydrogens is 280 g/mol. The number of likely N-dealkylation sites (tertiary alicyclic amines) is 1. The molecule has 112 valence electrons. The minimum Gasteiger partial charge on any atom is -0.493 e. The number of halogens is 1. The van der Waals surface area contributed by atoms with E-state index in [1.165, 1.54) is 0 Å². The standard InChI is InChI=1S/C14H20N2O3.ClH/c1-18-12-6-2-3-7-13(12)19-10-14(17)16-8-4-5-11(15)9-16;/h2-3,6-7,11H,4-5,8-10,15H2,1H3;1H. The SMILES string of the molecule is COc1ccccc1OCC(=O)N1CCCC(N)C1.Cl. The predicted octanol–water partition coefficient (Wildman–Crippen LogP) is 1.45. The normalized spacial score (nSPS) is 18.1. The Bertz CT molecular complexity index is 442. The Kier molecular flexibility index (Phi) is 6.61. The third-order valence-corrected chi connectivity index (χ3v) is 3.23. The number of hydrogen-bond acceptors (Lipinski definition) is 4. The van der Waals surface area contributed by atoms with E-state index in [4.69, 9.17) is 15.2 Å². The van der Waals surface area contributed by atoms with Gasteiger partial charge in [0.25, 0.3) is 5.91 Å². The van der Waals surface area contributed by atoms with E-state index in [2.05, 4.69) is 0 Å². The highest BCUT2D eigenvalue weighted by Gasteiger charge is 2.21. The van der Waals surface area contributed by atoms with Gasteiger partial charge in [-0.05, 0) is 25.0 Å². The molecule has 5 nitrogen and oxygen atoms in total. The zero-order valence-corrected chi connectivity index (χ0v) is 12.4. The third-order valence-electron chi connectivity index (χ3n) is 3.23. The van der Waals surface area contributed by atoms with Gasteiger partial charge in [-0.15, -0.1) is 12.4 Å². The fourth-order valence-corrected chi connectivity index (χ4v) is 2.21. The lowest BCUT2D eigenvalue weighted by Gasteiger charge is -2.30. The molecule has 0 aromatic heterocycles. The molecule has 1 amide bonds. The lowest BCUT2D eigenvalue weighted by Crippen LogP contribution is -2.47. The van der Waals surface area contributed by atoms with Crippen LogP contribution in [0.25, 0.3) is 0 Å². The molecule has 0 spiro atoms. The van der Waals surface area contributed by atoms with Crippen LogP contribution >= 0.6 is 12.4 Å². The summed E-state index contributed by atoms with van der Waals surface area (Å²) in [6.07, 6.45) is 1.94. The minimum atomic E-state index is -0.0268. The summed E-state index contributed by atoms with van der Waals surface area (Å²) < 4.78 is 10.7. The van der Waals surface area contributed by atoms with E-state index in [1.54, 1.807) is 24.1 Å². The molecule has 2 N–H and O–H groups in total. The summed E-state index contributed by atoms with van der Waals surface area (Å²) in [6.45, 7) is 1.41. The molecule has 1 fully saturated rings. The molecule has 1 atom stereocenters. The second kappa shape index (κ2) is 7.97. The van der Waals surface area contributed by atoms with Crippen LogP contribution in [0.15, 0.2) is 24.3 Å². The molecule has 0 radical (unpaired) electrons. The zero-order chi connectivity index (χ0) is 13.7. The number of carbonyl (C=O) groups is 1. The second-order valence-electron chi connectivity index (χ2n) is 4.68. The van der Waals surface area contributed by atoms with Gasteiger partial charge in [-0.25, -0.2) is 0 Å². The summed E-state index contributed by atoms with van der Waals surface area (Å²) in [7, 11) is 1.58. The number of hydrogen-bond donors (Lipinski definition) is 1. The van der Waals surface area contributed by atoms with Crippen molar-refractivity contribution < 1.29 is 14.3 Å². The average Bonchev–Trinajstić information content (AvgIpc) is 2.45. The van der Waals surface area contributed by atoms with Crippen molar-refractivity contribution in [2.24, 2.45) is 5.73 Å². The maximum absolute atomic E-state index is 12.0. The van der Waals surface area contributed by atoms with Crippen molar-refractivity contribution in [3.8, 4) is 11.5 Å². The van der Waals surface area contributed by atoms with E-state index in [0.717, 1.165) is 19.4 Å². The number of nitrogens with two attached hydrogens (primary N) is 1. The first-order valence-corrected chi connectivity index (χ1v) is 6.50. The van der Waals surface area contributed by atoms with Gasteiger partial charge in [-0.2, -0.15) is 0 Å². The quantitative estimate of drug-likeness (QED) is 0.914. The maximum Gasteiger partial charge on any atom is 0.260 e. The number of benzene rings is 1. The van der Waals surface area contributed by atoms with Gasteiger partial charge in [0.1, 0.15) is 0 Å². The molecule has 20 heavy (non-hydrogen) atoms. The highest BCUT2D eigenvalue weighted by Crippen LogP contribution is 2.25. The Hall–Kier alpha value is -1.46. The van der Waals surface area contributed by atoms with Crippen LogP contribution in [0.1, 0.15) is 12.8 Å². The van der Waals surface area contributed by atoms with Crippen LogP contribution in [-0.4, -0.2) is 43.7 Å². The monoisotopic (exact) mass is 300 g/mol. The van der Waals surface area contributed by atoms with Crippen molar-refractivity contribution in [2.45, 2.75) is 18.9 Å². The van der Waals surface area contributed by atoms with E-state index in [-0.39, 0.29) is 31.0 Å². The van der Waals surface area contributed by atoms with Crippen LogP contribution in [0.5, 0.6) is 11.5 Å². The molecule has 6 heteroatoms. The molecule has 1 aromatic rings. The van der Waals surface area contributed by atoms with Crippen LogP contribution in [0, 0.1) is 0 Å². The van der Waals surface area contributed by atoms with Gasteiger partial charge in [0.15, 0.2) is 18.1 Å². The smallest absolute Gasteiger partial charge is 0.260 e. The molecule has 0 saturated carbocycles. The highest BCUT2D eigenvalue weighted by molar-refractivity contribution is 5.85. The van der Waals surface area contributed by atoms with Crippen molar-refractivity contribution in [1.29, 1.82) is 0 Å². The Balaban J connectivity index is 0.00000200. The third kappa shape index (κ3) is 4.28. The topological polar surface area (TPSA) is 64.8 Å². The lowest BCUT2D eigenvalue weighted by molar-refractivity contribution is -0.134. The molecule has 2 rings (SSSR count). The van der Waals surface area contributed by atoms with Gasteiger partial charge in [0.2, 0.25) is 0 Å². The lowest BCUT2D eigenvalue weighted by atomic mass is 10.1. The van der Waals surface area contributed by atoms with Crippen LogP contribution in [0.2, 0.25) is 0 Å². The molecule has 0 bridgehead atoms. The first-order chi connectivity index (χ1) is 9.20. The molecule has 0 aliphatic carbocycles. The summed E-state index contributed by atoms with van der Waals surface area (Å²) in [5.41, 5.74) is 5.86. The van der Waals surface area contributed by atoms with Crippen molar-refractivity contribution in [2.75, 3.05) is 26.8 Å². The summed E-state index contributed by atoms with van der Waals surface area (Å²) in [5, 5.41) is 0. The highest BCUT2D eigenvalue weighted by atomic mass is 35.5. The van der Waals surface area contributed by atoms with Crippen LogP contribution in [-0.2, 0) is 4.79 Å². The molecule has 1 saturated heterocycles. The summed E-state index contributed by atoms with van der Waals surface area (Å²) in [5.74, 6) is 1.19. The molecule has 1 heterocycles. The van der Waals surface area contributed by atoms with E-state index >= 15 is 0 Å². The maximum atomic E-state index is 12.0. The number of piperidine rings is 1. The van der Waals surface area contributed by atoms with Gasteiger partial charge in [-0.1, -0.05) is 12.1 Å². The Morgan fingerprint density at radius 1 is 1.40 bits per heavy atom. The van der Waals surface area contributed by atoms with Crippen molar-refractivity contribution >= 4 is 18.3 Å². The number of amides is 1. The van der Waals surface area contributed by atoms with E-state index in [1.807, 2.05) is 12.1 Å². The number of nitrogens with zero attached hydrogens (tertiary/aromatic N) is 1. The molecular formula is C14H21ClN2O3. The molecule has 1 aliphatic rings. The molecule has 1 aromatic carbocycles. The van der Waals surface area contributed by atoms with Gasteiger partial charge >= 0.3 is 0 Å². The predicted molar refractivity (Wildman–Crippen MR) is 79.5 cm³/mol. The van der Waals surface area contributed by atoms with Gasteiger partial charge in [-0.3, -0.25) is 4.79 Å².